The van der Waals surface area contributed by atoms with E-state index in [1.165, 1.54) is 60.4 Å². The molecule has 4 aromatic carbocycles. The summed E-state index contributed by atoms with van der Waals surface area (Å²) >= 11 is 0. The maximum absolute atomic E-state index is 9.71. The maximum Gasteiger partial charge on any atom is 0.488 e. The average Bonchev–Trinajstić information content (AvgIpc) is 2.87. The number of fused-ring (bicyclic) bond motifs is 1. The van der Waals surface area contributed by atoms with Crippen LogP contribution >= 0.6 is 0 Å². The van der Waals surface area contributed by atoms with Gasteiger partial charge in [0.2, 0.25) is 0 Å². The molecular formula is C32H31BO2. The van der Waals surface area contributed by atoms with Gasteiger partial charge in [-0.1, -0.05) is 84.9 Å². The minimum atomic E-state index is -1.47. The molecule has 0 saturated heterocycles. The lowest BCUT2D eigenvalue weighted by Crippen LogP contribution is -2.48. The third kappa shape index (κ3) is 3.56. The van der Waals surface area contributed by atoms with E-state index in [0.717, 1.165) is 28.9 Å². The van der Waals surface area contributed by atoms with Crippen molar-refractivity contribution in [2.24, 2.45) is 17.8 Å². The van der Waals surface area contributed by atoms with Gasteiger partial charge in [0.1, 0.15) is 0 Å². The van der Waals surface area contributed by atoms with Crippen LogP contribution < -0.4 is 5.46 Å². The molecule has 35 heavy (non-hydrogen) atoms. The van der Waals surface area contributed by atoms with Crippen LogP contribution in [0.15, 0.2) is 84.9 Å². The van der Waals surface area contributed by atoms with Crippen molar-refractivity contribution in [1.29, 1.82) is 0 Å². The third-order valence-corrected chi connectivity index (χ3v) is 9.25. The topological polar surface area (TPSA) is 40.5 Å². The van der Waals surface area contributed by atoms with Crippen LogP contribution in [0, 0.1) is 17.8 Å². The summed E-state index contributed by atoms with van der Waals surface area (Å²) in [6.07, 6.45) is 8.61. The van der Waals surface area contributed by atoms with Crippen molar-refractivity contribution in [2.75, 3.05) is 0 Å². The molecule has 4 aliphatic carbocycles. The van der Waals surface area contributed by atoms with Gasteiger partial charge in [-0.2, -0.15) is 0 Å². The Kier molecular flexibility index (Phi) is 4.94. The summed E-state index contributed by atoms with van der Waals surface area (Å²) in [5, 5.41) is 21.8. The van der Waals surface area contributed by atoms with Gasteiger partial charge in [-0.05, 0) is 106 Å². The van der Waals surface area contributed by atoms with Crippen LogP contribution in [-0.4, -0.2) is 17.2 Å². The molecule has 0 aliphatic heterocycles. The summed E-state index contributed by atoms with van der Waals surface area (Å²) in [7, 11) is -1.47. The highest BCUT2D eigenvalue weighted by Crippen LogP contribution is 2.60. The van der Waals surface area contributed by atoms with Gasteiger partial charge in [0.25, 0.3) is 0 Å². The zero-order chi connectivity index (χ0) is 23.6. The van der Waals surface area contributed by atoms with Gasteiger partial charge >= 0.3 is 7.12 Å². The summed E-state index contributed by atoms with van der Waals surface area (Å²) in [5.74, 6) is 2.86. The molecule has 8 rings (SSSR count). The molecule has 0 amide bonds. The predicted octanol–water partition coefficient (Wildman–Crippen LogP) is 6.32. The molecule has 4 bridgehead atoms. The van der Waals surface area contributed by atoms with E-state index in [2.05, 4.69) is 60.7 Å². The Bertz CT molecular complexity index is 1360. The Balaban J connectivity index is 1.31. The van der Waals surface area contributed by atoms with Crippen LogP contribution in [0.1, 0.15) is 44.1 Å². The van der Waals surface area contributed by atoms with Gasteiger partial charge in [-0.15, -0.1) is 0 Å². The summed E-state index contributed by atoms with van der Waals surface area (Å²) in [6.45, 7) is 0. The van der Waals surface area contributed by atoms with Crippen LogP contribution in [0.2, 0.25) is 0 Å². The lowest BCUT2D eigenvalue weighted by molar-refractivity contribution is -0.00518. The first-order chi connectivity index (χ1) is 17.1. The van der Waals surface area contributed by atoms with E-state index < -0.39 is 7.12 Å². The molecule has 0 spiro atoms. The fourth-order valence-electron chi connectivity index (χ4n) is 8.16. The average molecular weight is 458 g/mol. The molecular weight excluding hydrogens is 427 g/mol. The molecule has 0 aromatic heterocycles. The molecule has 2 nitrogen and oxygen atoms in total. The minimum absolute atomic E-state index is 0.419. The summed E-state index contributed by atoms with van der Waals surface area (Å²) in [5.41, 5.74) is 7.08. The van der Waals surface area contributed by atoms with Crippen LogP contribution in [0.4, 0.5) is 0 Å². The molecule has 4 aliphatic rings. The maximum atomic E-state index is 9.71. The third-order valence-electron chi connectivity index (χ3n) is 9.25. The smallest absolute Gasteiger partial charge is 0.423 e. The molecule has 174 valence electrons. The zero-order valence-electron chi connectivity index (χ0n) is 20.0. The lowest BCUT2D eigenvalue weighted by atomic mass is 9.48. The van der Waals surface area contributed by atoms with Crippen LogP contribution in [0.25, 0.3) is 33.0 Å². The van der Waals surface area contributed by atoms with Gasteiger partial charge < -0.3 is 10.0 Å². The Morgan fingerprint density at radius 1 is 0.629 bits per heavy atom. The molecule has 4 aromatic rings. The first-order valence-electron chi connectivity index (χ1n) is 13.2. The zero-order valence-corrected chi connectivity index (χ0v) is 20.0. The molecule has 0 heterocycles. The van der Waals surface area contributed by atoms with Crippen molar-refractivity contribution in [3.8, 4) is 22.3 Å². The normalized spacial score (nSPS) is 26.9. The van der Waals surface area contributed by atoms with E-state index in [9.17, 15) is 10.0 Å². The molecule has 2 N–H and O–H groups in total. The Morgan fingerprint density at radius 3 is 1.80 bits per heavy atom. The largest absolute Gasteiger partial charge is 0.488 e. The van der Waals surface area contributed by atoms with Crippen LogP contribution in [-0.2, 0) is 5.41 Å². The number of benzene rings is 4. The minimum Gasteiger partial charge on any atom is -0.423 e. The molecule has 0 radical (unpaired) electrons. The van der Waals surface area contributed by atoms with Gasteiger partial charge in [0, 0.05) is 0 Å². The molecule has 4 fully saturated rings. The second-order valence-corrected chi connectivity index (χ2v) is 11.5. The first-order valence-corrected chi connectivity index (χ1v) is 13.2. The van der Waals surface area contributed by atoms with Gasteiger partial charge in [-0.3, -0.25) is 0 Å². The Morgan fingerprint density at radius 2 is 1.20 bits per heavy atom. The predicted molar refractivity (Wildman–Crippen MR) is 144 cm³/mol. The monoisotopic (exact) mass is 458 g/mol. The van der Waals surface area contributed by atoms with Crippen molar-refractivity contribution in [1.82, 2.24) is 0 Å². The van der Waals surface area contributed by atoms with Crippen molar-refractivity contribution < 1.29 is 10.0 Å². The van der Waals surface area contributed by atoms with Gasteiger partial charge in [-0.25, -0.2) is 0 Å². The van der Waals surface area contributed by atoms with Crippen molar-refractivity contribution in [3.05, 3.63) is 90.5 Å². The van der Waals surface area contributed by atoms with E-state index in [4.69, 9.17) is 0 Å². The summed E-state index contributed by atoms with van der Waals surface area (Å²) < 4.78 is 0. The standard InChI is InChI=1S/C32H31BO2/c34-33(35)28-7-1-6-26(17-28)30-9-3-5-25-4-2-8-29(31(25)30)24-10-12-27(13-11-24)32-18-21-14-22(19-32)16-23(15-21)20-32/h1-13,17,21-23,34-35H,14-16,18-20H2. The number of hydrogen-bond donors (Lipinski definition) is 2. The van der Waals surface area contributed by atoms with Crippen molar-refractivity contribution >= 4 is 23.4 Å². The number of rotatable bonds is 4. The Labute approximate surface area is 207 Å². The fraction of sp³-hybridized carbons (Fsp3) is 0.312. The van der Waals surface area contributed by atoms with E-state index in [1.54, 1.807) is 11.6 Å². The highest BCUT2D eigenvalue weighted by Gasteiger charge is 2.51. The van der Waals surface area contributed by atoms with Crippen molar-refractivity contribution in [3.63, 3.8) is 0 Å². The van der Waals surface area contributed by atoms with E-state index in [1.807, 2.05) is 18.2 Å². The summed E-state index contributed by atoms with van der Waals surface area (Å²) in [4.78, 5) is 0. The summed E-state index contributed by atoms with van der Waals surface area (Å²) in [6, 6.07) is 30.0. The van der Waals surface area contributed by atoms with E-state index >= 15 is 0 Å². The van der Waals surface area contributed by atoms with E-state index in [0.29, 0.717) is 10.9 Å². The Hall–Kier alpha value is -2.88. The van der Waals surface area contributed by atoms with Gasteiger partial charge in [0.15, 0.2) is 0 Å². The van der Waals surface area contributed by atoms with Crippen LogP contribution in [0.3, 0.4) is 0 Å². The first kappa shape index (κ1) is 21.4. The second-order valence-electron chi connectivity index (χ2n) is 11.5. The SMILES string of the molecule is OB(O)c1cccc(-c2cccc3cccc(-c4ccc(C56CC7CC(CC(C7)C5)C6)cc4)c23)c1. The molecule has 0 unspecified atom stereocenters. The second kappa shape index (κ2) is 8.08. The molecule has 4 saturated carbocycles. The van der Waals surface area contributed by atoms with Gasteiger partial charge in [0.05, 0.1) is 0 Å². The van der Waals surface area contributed by atoms with Crippen LogP contribution in [0.5, 0.6) is 0 Å². The number of hydrogen-bond acceptors (Lipinski definition) is 2. The quantitative estimate of drug-likeness (QED) is 0.351. The lowest BCUT2D eigenvalue weighted by Gasteiger charge is -2.57. The molecule has 3 heteroatoms. The van der Waals surface area contributed by atoms with E-state index in [-0.39, 0.29) is 0 Å². The fourth-order valence-corrected chi connectivity index (χ4v) is 8.16. The highest BCUT2D eigenvalue weighted by atomic mass is 16.4. The molecule has 0 atom stereocenters. The van der Waals surface area contributed by atoms with Crippen molar-refractivity contribution in [2.45, 2.75) is 43.9 Å². The highest BCUT2D eigenvalue weighted by molar-refractivity contribution is 6.58.